The van der Waals surface area contributed by atoms with E-state index in [1.54, 1.807) is 28.4 Å². The van der Waals surface area contributed by atoms with Gasteiger partial charge in [-0.2, -0.15) is 0 Å². The van der Waals surface area contributed by atoms with E-state index >= 15 is 0 Å². The van der Waals surface area contributed by atoms with Crippen LogP contribution in [0.25, 0.3) is 0 Å². The van der Waals surface area contributed by atoms with Gasteiger partial charge in [0.05, 0.1) is 10.6 Å². The van der Waals surface area contributed by atoms with Crippen LogP contribution in [0, 0.1) is 6.92 Å². The number of hydrogen-bond donors (Lipinski definition) is 0. The number of carbonyl (C=O) groups is 2. The second-order valence-electron chi connectivity index (χ2n) is 6.88. The van der Waals surface area contributed by atoms with Gasteiger partial charge in [-0.1, -0.05) is 29.4 Å². The van der Waals surface area contributed by atoms with Gasteiger partial charge in [-0.25, -0.2) is 4.99 Å². The number of carbonyl (C=O) groups excluding carboxylic acids is 2. The van der Waals surface area contributed by atoms with Crippen LogP contribution < -0.4 is 0 Å². The van der Waals surface area contributed by atoms with Gasteiger partial charge in [-0.15, -0.1) is 11.8 Å². The Morgan fingerprint density at radius 1 is 1.42 bits per heavy atom. The van der Waals surface area contributed by atoms with Gasteiger partial charge >= 0.3 is 0 Å². The van der Waals surface area contributed by atoms with Crippen molar-refractivity contribution in [3.05, 3.63) is 28.8 Å². The van der Waals surface area contributed by atoms with Gasteiger partial charge in [0.15, 0.2) is 5.17 Å². The lowest BCUT2D eigenvalue weighted by atomic mass is 10.2. The first-order valence-corrected chi connectivity index (χ1v) is 11.0. The van der Waals surface area contributed by atoms with Crippen LogP contribution in [-0.2, 0) is 9.59 Å². The maximum Gasteiger partial charge on any atom is 0.252 e. The van der Waals surface area contributed by atoms with E-state index in [-0.39, 0.29) is 22.7 Å². The van der Waals surface area contributed by atoms with Crippen molar-refractivity contribution in [3.8, 4) is 0 Å². The number of amides is 2. The van der Waals surface area contributed by atoms with Crippen molar-refractivity contribution < 1.29 is 9.59 Å². The van der Waals surface area contributed by atoms with Crippen molar-refractivity contribution in [3.63, 3.8) is 0 Å². The van der Waals surface area contributed by atoms with E-state index in [0.717, 1.165) is 23.4 Å². The van der Waals surface area contributed by atoms with Crippen molar-refractivity contribution >= 4 is 57.8 Å². The van der Waals surface area contributed by atoms with Gasteiger partial charge in [0, 0.05) is 29.5 Å². The fourth-order valence-electron chi connectivity index (χ4n) is 3.70. The summed E-state index contributed by atoms with van der Waals surface area (Å²) in [5.74, 6) is 1.55. The van der Waals surface area contributed by atoms with Gasteiger partial charge in [0.2, 0.25) is 5.91 Å². The number of benzene rings is 1. The fourth-order valence-corrected chi connectivity index (χ4v) is 6.25. The highest BCUT2D eigenvalue weighted by molar-refractivity contribution is 8.14. The quantitative estimate of drug-likeness (QED) is 0.747. The van der Waals surface area contributed by atoms with E-state index in [2.05, 4.69) is 6.92 Å². The van der Waals surface area contributed by atoms with Gasteiger partial charge < -0.3 is 4.90 Å². The van der Waals surface area contributed by atoms with Crippen molar-refractivity contribution in [1.29, 1.82) is 0 Å². The Morgan fingerprint density at radius 3 is 3.04 bits per heavy atom. The maximum absolute atomic E-state index is 13.2. The van der Waals surface area contributed by atoms with Gasteiger partial charge in [0.25, 0.3) is 5.91 Å². The van der Waals surface area contributed by atoms with E-state index in [4.69, 9.17) is 16.6 Å². The topological polar surface area (TPSA) is 53.0 Å². The Hall–Kier alpha value is -1.18. The first-order chi connectivity index (χ1) is 12.4. The average molecular weight is 410 g/mol. The van der Waals surface area contributed by atoms with Crippen molar-refractivity contribution in [2.24, 2.45) is 4.99 Å². The molecule has 3 heterocycles. The van der Waals surface area contributed by atoms with E-state index in [9.17, 15) is 9.59 Å². The van der Waals surface area contributed by atoms with Gasteiger partial charge in [-0.3, -0.25) is 14.5 Å². The van der Waals surface area contributed by atoms with E-state index < -0.39 is 0 Å². The summed E-state index contributed by atoms with van der Waals surface area (Å²) in [5.41, 5.74) is 1.68. The lowest BCUT2D eigenvalue weighted by Crippen LogP contribution is -2.51. The predicted octanol–water partition coefficient (Wildman–Crippen LogP) is 3.67. The first-order valence-electron chi connectivity index (χ1n) is 8.65. The van der Waals surface area contributed by atoms with E-state index in [1.807, 2.05) is 30.0 Å². The summed E-state index contributed by atoms with van der Waals surface area (Å²) in [6.45, 7) is 4.62. The molecule has 3 aliphatic rings. The predicted molar refractivity (Wildman–Crippen MR) is 108 cm³/mol. The van der Waals surface area contributed by atoms with Crippen LogP contribution in [0.5, 0.6) is 0 Å². The highest BCUT2D eigenvalue weighted by Gasteiger charge is 2.54. The molecule has 2 amide bonds. The zero-order chi connectivity index (χ0) is 18.5. The molecule has 0 radical (unpaired) electrons. The molecule has 0 aliphatic carbocycles. The zero-order valence-electron chi connectivity index (χ0n) is 14.7. The molecule has 138 valence electrons. The molecule has 0 spiro atoms. The summed E-state index contributed by atoms with van der Waals surface area (Å²) in [6.07, 6.45) is 1.35. The molecule has 0 aromatic heterocycles. The number of rotatable bonds is 2. The minimum atomic E-state index is -0.385. The van der Waals surface area contributed by atoms with Crippen LogP contribution in [0.4, 0.5) is 5.69 Å². The molecule has 0 unspecified atom stereocenters. The molecule has 3 aliphatic heterocycles. The Kier molecular flexibility index (Phi) is 4.73. The molecule has 1 aromatic rings. The second kappa shape index (κ2) is 6.77. The Labute approximate surface area is 166 Å². The van der Waals surface area contributed by atoms with Crippen LogP contribution in [0.3, 0.4) is 0 Å². The lowest BCUT2D eigenvalue weighted by Gasteiger charge is -2.31. The summed E-state index contributed by atoms with van der Waals surface area (Å²) in [5, 5.41) is 1.36. The number of amidine groups is 1. The number of nitrogens with zero attached hydrogens (tertiary/aromatic N) is 3. The van der Waals surface area contributed by atoms with Crippen LogP contribution >= 0.6 is 35.1 Å². The summed E-state index contributed by atoms with van der Waals surface area (Å²) in [6, 6.07) is 5.22. The number of fused-ring (bicyclic) bond motifs is 1. The second-order valence-corrected chi connectivity index (χ2v) is 9.85. The standard InChI is InChI=1S/C18H20ClN3O2S2/c1-11-12(19)4-3-5-13(11)20-17-21(8-9-25-17)16(24)14-10-26-18(2)7-6-15(23)22(14)18/h3-5,14H,6-10H2,1-2H3/t14-,18+/m1/s1. The minimum absolute atomic E-state index is 0.0140. The molecule has 0 bridgehead atoms. The third kappa shape index (κ3) is 2.94. The SMILES string of the molecule is Cc1c(Cl)cccc1N=C1SCCN1C(=O)[C@H]1CS[C@@]2(C)CCC(=O)N12. The lowest BCUT2D eigenvalue weighted by molar-refractivity contribution is -0.141. The summed E-state index contributed by atoms with van der Waals surface area (Å²) in [4.78, 5) is 33.6. The maximum atomic E-state index is 13.2. The van der Waals surface area contributed by atoms with Crippen molar-refractivity contribution in [2.75, 3.05) is 18.1 Å². The molecule has 2 atom stereocenters. The molecule has 4 rings (SSSR count). The molecule has 3 saturated heterocycles. The van der Waals surface area contributed by atoms with Gasteiger partial charge in [0.1, 0.15) is 6.04 Å². The van der Waals surface area contributed by atoms with Crippen LogP contribution in [-0.4, -0.2) is 55.7 Å². The molecule has 8 heteroatoms. The monoisotopic (exact) mass is 409 g/mol. The molecule has 1 aromatic carbocycles. The number of aliphatic imine (C=N–C) groups is 1. The smallest absolute Gasteiger partial charge is 0.252 e. The highest BCUT2D eigenvalue weighted by atomic mass is 35.5. The number of hydrogen-bond acceptors (Lipinski definition) is 5. The van der Waals surface area contributed by atoms with Crippen molar-refractivity contribution in [1.82, 2.24) is 9.80 Å². The minimum Gasteiger partial charge on any atom is -0.315 e. The third-order valence-electron chi connectivity index (χ3n) is 5.23. The molecule has 0 N–H and O–H groups in total. The zero-order valence-corrected chi connectivity index (χ0v) is 17.1. The highest BCUT2D eigenvalue weighted by Crippen LogP contribution is 2.47. The summed E-state index contributed by atoms with van der Waals surface area (Å²) < 4.78 is 0. The Bertz CT molecular complexity index is 816. The van der Waals surface area contributed by atoms with Crippen LogP contribution in [0.1, 0.15) is 25.3 Å². The van der Waals surface area contributed by atoms with E-state index in [0.29, 0.717) is 28.9 Å². The number of thioether (sulfide) groups is 2. The van der Waals surface area contributed by atoms with Crippen LogP contribution in [0.2, 0.25) is 5.02 Å². The molecule has 26 heavy (non-hydrogen) atoms. The molecular formula is C18H20ClN3O2S2. The molecule has 3 fully saturated rings. The summed E-state index contributed by atoms with van der Waals surface area (Å²) in [7, 11) is 0. The van der Waals surface area contributed by atoms with Gasteiger partial charge in [-0.05, 0) is 38.0 Å². The first kappa shape index (κ1) is 18.2. The van der Waals surface area contributed by atoms with Crippen LogP contribution in [0.15, 0.2) is 23.2 Å². The van der Waals surface area contributed by atoms with E-state index in [1.165, 1.54) is 0 Å². The Morgan fingerprint density at radius 2 is 2.23 bits per heavy atom. The number of halogens is 1. The fraction of sp³-hybridized carbons (Fsp3) is 0.500. The third-order valence-corrected chi connectivity index (χ3v) is 8.10. The molecule has 0 saturated carbocycles. The molecular weight excluding hydrogens is 390 g/mol. The molecule has 5 nitrogen and oxygen atoms in total. The normalized spacial score (nSPS) is 29.7. The van der Waals surface area contributed by atoms with Crippen molar-refractivity contribution in [2.45, 2.75) is 37.6 Å². The largest absolute Gasteiger partial charge is 0.315 e. The Balaban J connectivity index is 1.61. The average Bonchev–Trinajstić information content (AvgIpc) is 3.28. The summed E-state index contributed by atoms with van der Waals surface area (Å²) >= 11 is 9.48.